The lowest BCUT2D eigenvalue weighted by Gasteiger charge is -2.33. The molecule has 0 heterocycles. The summed E-state index contributed by atoms with van der Waals surface area (Å²) in [4.78, 5) is 22.8. The molecule has 0 amide bonds. The summed E-state index contributed by atoms with van der Waals surface area (Å²) in [5, 5.41) is 0. The highest BCUT2D eigenvalue weighted by molar-refractivity contribution is 6.84. The third kappa shape index (κ3) is 10.2. The first-order valence-corrected chi connectivity index (χ1v) is 13.9. The summed E-state index contributed by atoms with van der Waals surface area (Å²) in [7, 11) is -3.89. The van der Waals surface area contributed by atoms with Crippen LogP contribution in [0.2, 0.25) is 38.3 Å². The largest absolute Gasteiger partial charge is 0.463 e. The number of esters is 2. The van der Waals surface area contributed by atoms with Crippen LogP contribution in [0, 0.1) is 0 Å². The molecular formula is C16H30O5Si2. The minimum absolute atomic E-state index is 0.347. The molecule has 132 valence electrons. The molecule has 0 saturated heterocycles. The summed E-state index contributed by atoms with van der Waals surface area (Å²) >= 11 is 0. The van der Waals surface area contributed by atoms with E-state index >= 15 is 0 Å². The maximum atomic E-state index is 11.4. The van der Waals surface area contributed by atoms with Crippen LogP contribution < -0.4 is 0 Å². The first-order valence-electron chi connectivity index (χ1n) is 7.72. The van der Waals surface area contributed by atoms with Gasteiger partial charge in [0.2, 0.25) is 0 Å². The van der Waals surface area contributed by atoms with Crippen molar-refractivity contribution in [3.8, 4) is 0 Å². The monoisotopic (exact) mass is 358 g/mol. The lowest BCUT2D eigenvalue weighted by Crippen LogP contribution is -2.45. The predicted octanol–water partition coefficient (Wildman–Crippen LogP) is 3.65. The van der Waals surface area contributed by atoms with Crippen LogP contribution in [0.5, 0.6) is 0 Å². The minimum Gasteiger partial charge on any atom is -0.463 e. The van der Waals surface area contributed by atoms with Gasteiger partial charge in [-0.1, -0.05) is 13.2 Å². The quantitative estimate of drug-likeness (QED) is 0.339. The first kappa shape index (κ1) is 21.8. The highest BCUT2D eigenvalue weighted by Crippen LogP contribution is 2.21. The molecule has 0 rings (SSSR count). The minimum atomic E-state index is -1.94. The lowest BCUT2D eigenvalue weighted by atomic mass is 10.4. The second kappa shape index (κ2) is 9.19. The number of ether oxygens (including phenoxy) is 2. The average Bonchev–Trinajstić information content (AvgIpc) is 2.36. The van der Waals surface area contributed by atoms with E-state index in [4.69, 9.17) is 13.6 Å². The van der Waals surface area contributed by atoms with E-state index in [9.17, 15) is 9.59 Å². The number of rotatable bonds is 10. The summed E-state index contributed by atoms with van der Waals surface area (Å²) in [5.74, 6) is -0.726. The molecule has 0 unspecified atom stereocenters. The standard InChI is InChI=1S/C16H30O5Si2/c1-13(2)15(17)19-9-11-22(5,6)21-23(7,8)12-10-20-16(18)14(3)4/h1,3,9-12H2,2,4-8H3. The van der Waals surface area contributed by atoms with Gasteiger partial charge in [0.15, 0.2) is 16.6 Å². The van der Waals surface area contributed by atoms with Crippen LogP contribution in [-0.4, -0.2) is 41.8 Å². The van der Waals surface area contributed by atoms with Crippen LogP contribution in [0.4, 0.5) is 0 Å². The molecule has 0 aromatic heterocycles. The maximum Gasteiger partial charge on any atom is 0.333 e. The molecule has 0 N–H and O–H groups in total. The van der Waals surface area contributed by atoms with Crippen LogP contribution in [0.25, 0.3) is 0 Å². The zero-order valence-corrected chi connectivity index (χ0v) is 17.3. The molecule has 0 aliphatic heterocycles. The van der Waals surface area contributed by atoms with E-state index in [1.807, 2.05) is 0 Å². The highest BCUT2D eigenvalue weighted by atomic mass is 28.4. The molecule has 0 aromatic rings. The van der Waals surface area contributed by atoms with Crippen LogP contribution in [0.15, 0.2) is 24.3 Å². The van der Waals surface area contributed by atoms with Gasteiger partial charge in [-0.05, 0) is 52.1 Å². The van der Waals surface area contributed by atoms with Gasteiger partial charge in [0.05, 0.1) is 13.2 Å². The molecular weight excluding hydrogens is 328 g/mol. The molecule has 0 atom stereocenters. The second-order valence-corrected chi connectivity index (χ2v) is 15.8. The van der Waals surface area contributed by atoms with E-state index in [1.165, 1.54) is 0 Å². The Morgan fingerprint density at radius 2 is 1.09 bits per heavy atom. The van der Waals surface area contributed by atoms with E-state index in [2.05, 4.69) is 39.3 Å². The van der Waals surface area contributed by atoms with Crippen LogP contribution in [0.3, 0.4) is 0 Å². The van der Waals surface area contributed by atoms with Gasteiger partial charge in [-0.3, -0.25) is 0 Å². The van der Waals surface area contributed by atoms with Crippen molar-refractivity contribution in [1.82, 2.24) is 0 Å². The Hall–Kier alpha value is -1.19. The van der Waals surface area contributed by atoms with Gasteiger partial charge in [-0.2, -0.15) is 0 Å². The molecule has 0 bridgehead atoms. The summed E-state index contributed by atoms with van der Waals surface area (Å²) in [6.45, 7) is 19.5. The molecule has 23 heavy (non-hydrogen) atoms. The summed E-state index contributed by atoms with van der Waals surface area (Å²) in [5.41, 5.74) is 0.804. The van der Waals surface area contributed by atoms with Gasteiger partial charge in [-0.15, -0.1) is 0 Å². The molecule has 5 nitrogen and oxygen atoms in total. The van der Waals surface area contributed by atoms with Crippen LogP contribution in [0.1, 0.15) is 13.8 Å². The summed E-state index contributed by atoms with van der Waals surface area (Å²) < 4.78 is 16.7. The van der Waals surface area contributed by atoms with Crippen LogP contribution >= 0.6 is 0 Å². The maximum absolute atomic E-state index is 11.4. The fraction of sp³-hybridized carbons (Fsp3) is 0.625. The molecule has 0 aliphatic rings. The Bertz CT molecular complexity index is 427. The number of hydrogen-bond donors (Lipinski definition) is 0. The van der Waals surface area contributed by atoms with Crippen molar-refractivity contribution >= 4 is 28.6 Å². The normalized spacial score (nSPS) is 11.7. The van der Waals surface area contributed by atoms with Crippen molar-refractivity contribution in [2.24, 2.45) is 0 Å². The predicted molar refractivity (Wildman–Crippen MR) is 97.2 cm³/mol. The third-order valence-electron chi connectivity index (χ3n) is 3.12. The van der Waals surface area contributed by atoms with Crippen molar-refractivity contribution in [3.05, 3.63) is 24.3 Å². The smallest absolute Gasteiger partial charge is 0.333 e. The summed E-state index contributed by atoms with van der Waals surface area (Å²) in [6, 6.07) is 1.46. The van der Waals surface area contributed by atoms with Gasteiger partial charge in [0, 0.05) is 11.1 Å². The molecule has 0 spiro atoms. The Kier molecular flexibility index (Phi) is 8.72. The molecule has 7 heteroatoms. The fourth-order valence-electron chi connectivity index (χ4n) is 1.88. The Morgan fingerprint density at radius 1 is 0.783 bits per heavy atom. The van der Waals surface area contributed by atoms with Gasteiger partial charge in [0.25, 0.3) is 0 Å². The van der Waals surface area contributed by atoms with E-state index in [0.29, 0.717) is 24.4 Å². The second-order valence-electron chi connectivity index (χ2n) is 6.95. The topological polar surface area (TPSA) is 61.8 Å². The lowest BCUT2D eigenvalue weighted by molar-refractivity contribution is -0.139. The van der Waals surface area contributed by atoms with Crippen molar-refractivity contribution in [2.75, 3.05) is 13.2 Å². The number of hydrogen-bond acceptors (Lipinski definition) is 5. The van der Waals surface area contributed by atoms with E-state index in [0.717, 1.165) is 12.1 Å². The van der Waals surface area contributed by atoms with Crippen molar-refractivity contribution in [2.45, 2.75) is 52.1 Å². The SMILES string of the molecule is C=C(C)C(=O)OCC[Si](C)(C)O[Si](C)(C)CCOC(=O)C(=C)C. The number of carbonyl (C=O) groups is 2. The first-order chi connectivity index (χ1) is 10.4. The third-order valence-corrected chi connectivity index (χ3v) is 10.4. The van der Waals surface area contributed by atoms with Crippen LogP contribution in [-0.2, 0) is 23.2 Å². The average molecular weight is 359 g/mol. The van der Waals surface area contributed by atoms with E-state index in [1.54, 1.807) is 13.8 Å². The summed E-state index contributed by atoms with van der Waals surface area (Å²) in [6.07, 6.45) is 0. The van der Waals surface area contributed by atoms with Crippen molar-refractivity contribution in [1.29, 1.82) is 0 Å². The Balaban J connectivity index is 4.28. The molecule has 0 aromatic carbocycles. The molecule has 0 fully saturated rings. The molecule has 0 saturated carbocycles. The van der Waals surface area contributed by atoms with Gasteiger partial charge >= 0.3 is 11.9 Å². The zero-order chi connectivity index (χ0) is 18.3. The molecule has 0 aliphatic carbocycles. The van der Waals surface area contributed by atoms with Gasteiger partial charge < -0.3 is 13.6 Å². The van der Waals surface area contributed by atoms with E-state index < -0.39 is 16.6 Å². The van der Waals surface area contributed by atoms with E-state index in [-0.39, 0.29) is 11.9 Å². The zero-order valence-electron chi connectivity index (χ0n) is 15.3. The van der Waals surface area contributed by atoms with Gasteiger partial charge in [-0.25, -0.2) is 9.59 Å². The van der Waals surface area contributed by atoms with Crippen molar-refractivity contribution < 1.29 is 23.2 Å². The molecule has 0 radical (unpaired) electrons. The Labute approximate surface area is 142 Å². The number of carbonyl (C=O) groups excluding carboxylic acids is 2. The van der Waals surface area contributed by atoms with Crippen molar-refractivity contribution in [3.63, 3.8) is 0 Å². The fourth-order valence-corrected chi connectivity index (χ4v) is 9.86. The van der Waals surface area contributed by atoms with Gasteiger partial charge in [0.1, 0.15) is 0 Å². The highest BCUT2D eigenvalue weighted by Gasteiger charge is 2.33. The Morgan fingerprint density at radius 3 is 1.35 bits per heavy atom.